The summed E-state index contributed by atoms with van der Waals surface area (Å²) in [6, 6.07) is 0. The standard InChI is InChI=1S/C17H36O3.C4H8/c1-7-9-10-11-12-13-15-17(20-6,14-8-2)16(3,18-4)19-5;1-3-4-2/h7-15H2,1-6H3;3-4H,1-2H3. The van der Waals surface area contributed by atoms with Gasteiger partial charge < -0.3 is 14.2 Å². The maximum absolute atomic E-state index is 5.90. The molecule has 0 saturated carbocycles. The minimum atomic E-state index is -0.679. The van der Waals surface area contributed by atoms with Crippen molar-refractivity contribution in [1.82, 2.24) is 0 Å². The van der Waals surface area contributed by atoms with Crippen LogP contribution in [0.1, 0.15) is 92.4 Å². The Kier molecular flexibility index (Phi) is 17.4. The van der Waals surface area contributed by atoms with Gasteiger partial charge in [0.2, 0.25) is 0 Å². The first-order chi connectivity index (χ1) is 11.5. The predicted octanol–water partition coefficient (Wildman–Crippen LogP) is 6.51. The first-order valence-electron chi connectivity index (χ1n) is 9.70. The Labute approximate surface area is 152 Å². The van der Waals surface area contributed by atoms with Gasteiger partial charge in [-0.25, -0.2) is 0 Å². The summed E-state index contributed by atoms with van der Waals surface area (Å²) in [6.45, 7) is 10.4. The summed E-state index contributed by atoms with van der Waals surface area (Å²) < 4.78 is 17.2. The number of allylic oxidation sites excluding steroid dienone is 2. The van der Waals surface area contributed by atoms with Crippen molar-refractivity contribution in [2.24, 2.45) is 0 Å². The van der Waals surface area contributed by atoms with Crippen LogP contribution in [-0.4, -0.2) is 32.7 Å². The number of methoxy groups -OCH3 is 3. The molecule has 0 aliphatic heterocycles. The van der Waals surface area contributed by atoms with Crippen molar-refractivity contribution < 1.29 is 14.2 Å². The Bertz CT molecular complexity index is 281. The average molecular weight is 345 g/mol. The highest BCUT2D eigenvalue weighted by molar-refractivity contribution is 4.93. The molecule has 3 nitrogen and oxygen atoms in total. The molecular formula is C21H44O3. The smallest absolute Gasteiger partial charge is 0.194 e. The quantitative estimate of drug-likeness (QED) is 0.216. The molecule has 0 aromatic carbocycles. The molecule has 0 radical (unpaired) electrons. The summed E-state index contributed by atoms with van der Waals surface area (Å²) in [6.07, 6.45) is 14.7. The number of unbranched alkanes of at least 4 members (excludes halogenated alkanes) is 5. The maximum atomic E-state index is 5.90. The van der Waals surface area contributed by atoms with E-state index in [0.29, 0.717) is 0 Å². The van der Waals surface area contributed by atoms with Crippen LogP contribution in [0.25, 0.3) is 0 Å². The highest BCUT2D eigenvalue weighted by atomic mass is 16.7. The molecule has 0 aliphatic rings. The van der Waals surface area contributed by atoms with Crippen LogP contribution in [0.3, 0.4) is 0 Å². The predicted molar refractivity (Wildman–Crippen MR) is 106 cm³/mol. The molecule has 0 N–H and O–H groups in total. The summed E-state index contributed by atoms with van der Waals surface area (Å²) >= 11 is 0. The lowest BCUT2D eigenvalue weighted by atomic mass is 9.83. The molecule has 0 amide bonds. The lowest BCUT2D eigenvalue weighted by molar-refractivity contribution is -0.303. The van der Waals surface area contributed by atoms with Gasteiger partial charge in [0.25, 0.3) is 0 Å². The summed E-state index contributed by atoms with van der Waals surface area (Å²) in [5, 5.41) is 0. The van der Waals surface area contributed by atoms with Crippen LogP contribution in [-0.2, 0) is 14.2 Å². The summed E-state index contributed by atoms with van der Waals surface area (Å²) in [5.74, 6) is -0.679. The van der Waals surface area contributed by atoms with Crippen LogP contribution in [0.2, 0.25) is 0 Å². The summed E-state index contributed by atoms with van der Waals surface area (Å²) in [5.41, 5.74) is -0.351. The molecule has 0 aromatic heterocycles. The molecule has 0 aromatic rings. The van der Waals surface area contributed by atoms with Gasteiger partial charge in [0.15, 0.2) is 5.79 Å². The monoisotopic (exact) mass is 344 g/mol. The Morgan fingerprint density at radius 1 is 0.667 bits per heavy atom. The second-order valence-corrected chi connectivity index (χ2v) is 6.49. The average Bonchev–Trinajstić information content (AvgIpc) is 2.63. The van der Waals surface area contributed by atoms with Crippen LogP contribution >= 0.6 is 0 Å². The molecule has 0 aliphatic carbocycles. The first kappa shape index (κ1) is 25.9. The van der Waals surface area contributed by atoms with E-state index in [-0.39, 0.29) is 5.60 Å². The third-order valence-electron chi connectivity index (χ3n) is 4.92. The molecule has 24 heavy (non-hydrogen) atoms. The zero-order valence-electron chi connectivity index (χ0n) is 17.7. The van der Waals surface area contributed by atoms with Gasteiger partial charge in [0.05, 0.1) is 0 Å². The lowest BCUT2D eigenvalue weighted by Crippen LogP contribution is -2.56. The first-order valence-corrected chi connectivity index (χ1v) is 9.70. The van der Waals surface area contributed by atoms with E-state index < -0.39 is 5.79 Å². The van der Waals surface area contributed by atoms with Crippen LogP contribution in [0, 0.1) is 0 Å². The molecule has 1 atom stereocenters. The fourth-order valence-corrected chi connectivity index (χ4v) is 3.02. The molecule has 3 heteroatoms. The van der Waals surface area contributed by atoms with Gasteiger partial charge in [-0.1, -0.05) is 70.9 Å². The van der Waals surface area contributed by atoms with Gasteiger partial charge in [0.1, 0.15) is 5.60 Å². The second-order valence-electron chi connectivity index (χ2n) is 6.49. The zero-order chi connectivity index (χ0) is 18.9. The number of rotatable bonds is 13. The van der Waals surface area contributed by atoms with Gasteiger partial charge in [-0.3, -0.25) is 0 Å². The topological polar surface area (TPSA) is 27.7 Å². The number of ether oxygens (including phenoxy) is 3. The van der Waals surface area contributed by atoms with E-state index in [1.807, 2.05) is 32.9 Å². The Balaban J connectivity index is 0. The minimum Gasteiger partial charge on any atom is -0.373 e. The van der Waals surface area contributed by atoms with Crippen molar-refractivity contribution in [3.05, 3.63) is 12.2 Å². The van der Waals surface area contributed by atoms with Gasteiger partial charge in [-0.15, -0.1) is 0 Å². The molecule has 0 fully saturated rings. The minimum absolute atomic E-state index is 0.351. The maximum Gasteiger partial charge on any atom is 0.194 e. The van der Waals surface area contributed by atoms with Gasteiger partial charge in [-0.05, 0) is 33.6 Å². The number of hydrogen-bond acceptors (Lipinski definition) is 3. The summed E-state index contributed by atoms with van der Waals surface area (Å²) in [7, 11) is 5.19. The lowest BCUT2D eigenvalue weighted by Gasteiger charge is -2.45. The molecule has 0 bridgehead atoms. The van der Waals surface area contributed by atoms with E-state index in [2.05, 4.69) is 13.8 Å². The van der Waals surface area contributed by atoms with Gasteiger partial charge in [-0.2, -0.15) is 0 Å². The van der Waals surface area contributed by atoms with E-state index in [0.717, 1.165) is 19.3 Å². The normalized spacial score (nSPS) is 14.3. The molecule has 0 heterocycles. The third-order valence-corrected chi connectivity index (χ3v) is 4.92. The van der Waals surface area contributed by atoms with Crippen molar-refractivity contribution in [2.45, 2.75) is 104 Å². The van der Waals surface area contributed by atoms with Crippen molar-refractivity contribution in [2.75, 3.05) is 21.3 Å². The molecule has 0 rings (SSSR count). The van der Waals surface area contributed by atoms with Gasteiger partial charge in [0, 0.05) is 21.3 Å². The molecular weight excluding hydrogens is 300 g/mol. The van der Waals surface area contributed by atoms with Crippen LogP contribution in [0.15, 0.2) is 12.2 Å². The molecule has 1 unspecified atom stereocenters. The third kappa shape index (κ3) is 9.19. The fourth-order valence-electron chi connectivity index (χ4n) is 3.02. The Hall–Kier alpha value is -0.380. The summed E-state index contributed by atoms with van der Waals surface area (Å²) in [4.78, 5) is 0. The van der Waals surface area contributed by atoms with Crippen LogP contribution in [0.4, 0.5) is 0 Å². The highest BCUT2D eigenvalue weighted by Gasteiger charge is 2.48. The van der Waals surface area contributed by atoms with Crippen molar-refractivity contribution in [3.63, 3.8) is 0 Å². The van der Waals surface area contributed by atoms with Gasteiger partial charge >= 0.3 is 0 Å². The van der Waals surface area contributed by atoms with E-state index >= 15 is 0 Å². The highest BCUT2D eigenvalue weighted by Crippen LogP contribution is 2.38. The van der Waals surface area contributed by atoms with Crippen molar-refractivity contribution in [1.29, 1.82) is 0 Å². The Morgan fingerprint density at radius 3 is 1.54 bits per heavy atom. The Morgan fingerprint density at radius 2 is 1.17 bits per heavy atom. The molecule has 0 saturated heterocycles. The van der Waals surface area contributed by atoms with Crippen molar-refractivity contribution in [3.8, 4) is 0 Å². The van der Waals surface area contributed by atoms with Crippen LogP contribution in [0.5, 0.6) is 0 Å². The van der Waals surface area contributed by atoms with E-state index in [4.69, 9.17) is 14.2 Å². The van der Waals surface area contributed by atoms with E-state index in [1.54, 1.807) is 21.3 Å². The van der Waals surface area contributed by atoms with E-state index in [9.17, 15) is 0 Å². The van der Waals surface area contributed by atoms with Crippen molar-refractivity contribution >= 4 is 0 Å². The van der Waals surface area contributed by atoms with E-state index in [1.165, 1.54) is 38.5 Å². The second kappa shape index (κ2) is 16.1. The molecule has 146 valence electrons. The fraction of sp³-hybridized carbons (Fsp3) is 0.905. The number of hydrogen-bond donors (Lipinski definition) is 0. The molecule has 0 spiro atoms. The van der Waals surface area contributed by atoms with Crippen LogP contribution < -0.4 is 0 Å². The SMILES string of the molecule is CC=CC.CCCCCCCCC(CCC)(OC)C(C)(OC)OC. The zero-order valence-corrected chi connectivity index (χ0v) is 17.7. The largest absolute Gasteiger partial charge is 0.373 e.